The topological polar surface area (TPSA) is 108 Å². The minimum atomic E-state index is -0.876. The van der Waals surface area contributed by atoms with E-state index in [0.29, 0.717) is 18.4 Å². The zero-order valence-corrected chi connectivity index (χ0v) is 12.7. The maximum absolute atomic E-state index is 12.1. The summed E-state index contributed by atoms with van der Waals surface area (Å²) in [5, 5.41) is 14.1. The van der Waals surface area contributed by atoms with Crippen LogP contribution in [0.3, 0.4) is 0 Å². The van der Waals surface area contributed by atoms with Gasteiger partial charge in [-0.05, 0) is 24.1 Å². The molecule has 1 aromatic carbocycles. The Morgan fingerprint density at radius 3 is 2.91 bits per heavy atom. The molecule has 0 radical (unpaired) electrons. The van der Waals surface area contributed by atoms with Crippen molar-refractivity contribution >= 4 is 17.8 Å². The molecule has 1 fully saturated rings. The van der Waals surface area contributed by atoms with Crippen LogP contribution in [0.15, 0.2) is 24.3 Å². The Labute approximate surface area is 133 Å². The van der Waals surface area contributed by atoms with Crippen LogP contribution in [0.1, 0.15) is 24.0 Å². The number of nitriles is 1. The van der Waals surface area contributed by atoms with Crippen molar-refractivity contribution < 1.29 is 19.1 Å². The smallest absolute Gasteiger partial charge is 0.328 e. The van der Waals surface area contributed by atoms with Crippen LogP contribution in [0.4, 0.5) is 0 Å². The van der Waals surface area contributed by atoms with Crippen molar-refractivity contribution in [3.63, 3.8) is 0 Å². The normalized spacial score (nSPS) is 17.7. The van der Waals surface area contributed by atoms with E-state index in [-0.39, 0.29) is 12.3 Å². The average molecular weight is 315 g/mol. The number of nitrogens with zero attached hydrogens (tertiary/aromatic N) is 1. The second-order valence-electron chi connectivity index (χ2n) is 5.26. The summed E-state index contributed by atoms with van der Waals surface area (Å²) in [6.07, 6.45) is 0.905. The number of carbonyl (C=O) groups excluding carboxylic acids is 3. The largest absolute Gasteiger partial charge is 0.467 e. The molecule has 0 spiro atoms. The second-order valence-corrected chi connectivity index (χ2v) is 5.26. The van der Waals surface area contributed by atoms with Gasteiger partial charge in [0.25, 0.3) is 0 Å². The molecule has 0 aromatic heterocycles. The molecule has 1 aliphatic heterocycles. The summed E-state index contributed by atoms with van der Waals surface area (Å²) in [5.74, 6) is -1.17. The summed E-state index contributed by atoms with van der Waals surface area (Å²) in [4.78, 5) is 35.2. The van der Waals surface area contributed by atoms with Crippen LogP contribution in [-0.2, 0) is 25.5 Å². The Balaban J connectivity index is 2.07. The van der Waals surface area contributed by atoms with Gasteiger partial charge in [0.1, 0.15) is 12.1 Å². The first-order valence-corrected chi connectivity index (χ1v) is 7.20. The molecule has 0 unspecified atom stereocenters. The van der Waals surface area contributed by atoms with Gasteiger partial charge < -0.3 is 15.4 Å². The van der Waals surface area contributed by atoms with Crippen LogP contribution in [0.5, 0.6) is 0 Å². The number of carbonyl (C=O) groups is 3. The molecule has 7 heteroatoms. The molecule has 1 aromatic rings. The first-order valence-electron chi connectivity index (χ1n) is 7.20. The molecule has 2 N–H and O–H groups in total. The maximum Gasteiger partial charge on any atom is 0.328 e. The third kappa shape index (κ3) is 4.30. The zero-order chi connectivity index (χ0) is 16.8. The first-order chi connectivity index (χ1) is 11.0. The van der Waals surface area contributed by atoms with E-state index in [0.717, 1.165) is 5.56 Å². The maximum atomic E-state index is 12.1. The molecular weight excluding hydrogens is 298 g/mol. The predicted molar refractivity (Wildman–Crippen MR) is 80.0 cm³/mol. The number of benzene rings is 1. The lowest BCUT2D eigenvalue weighted by Gasteiger charge is -2.19. The SMILES string of the molecule is COC(=O)[C@H](Cc1cccc(C#N)c1)NC(=O)[C@H]1CCC(=O)N1. The number of ether oxygens (including phenoxy) is 1. The van der Waals surface area contributed by atoms with Crippen molar-refractivity contribution in [2.75, 3.05) is 7.11 Å². The average Bonchev–Trinajstić information content (AvgIpc) is 3.00. The molecule has 0 aliphatic carbocycles. The fourth-order valence-corrected chi connectivity index (χ4v) is 2.42. The molecular formula is C16H17N3O4. The number of methoxy groups -OCH3 is 1. The highest BCUT2D eigenvalue weighted by Gasteiger charge is 2.30. The van der Waals surface area contributed by atoms with Gasteiger partial charge in [-0.15, -0.1) is 0 Å². The Morgan fingerprint density at radius 2 is 2.30 bits per heavy atom. The number of hydrogen-bond donors (Lipinski definition) is 2. The van der Waals surface area contributed by atoms with Crippen molar-refractivity contribution in [1.29, 1.82) is 5.26 Å². The van der Waals surface area contributed by atoms with Crippen LogP contribution in [0.2, 0.25) is 0 Å². The van der Waals surface area contributed by atoms with Crippen LogP contribution in [0.25, 0.3) is 0 Å². The molecule has 2 rings (SSSR count). The van der Waals surface area contributed by atoms with Gasteiger partial charge in [-0.2, -0.15) is 5.26 Å². The molecule has 0 bridgehead atoms. The monoisotopic (exact) mass is 315 g/mol. The van der Waals surface area contributed by atoms with E-state index in [1.54, 1.807) is 24.3 Å². The third-order valence-electron chi connectivity index (χ3n) is 3.61. The molecule has 23 heavy (non-hydrogen) atoms. The van der Waals surface area contributed by atoms with Crippen molar-refractivity contribution in [1.82, 2.24) is 10.6 Å². The van der Waals surface area contributed by atoms with Crippen LogP contribution < -0.4 is 10.6 Å². The summed E-state index contributed by atoms with van der Waals surface area (Å²) in [6.45, 7) is 0. The van der Waals surface area contributed by atoms with Gasteiger partial charge in [0.05, 0.1) is 18.7 Å². The van der Waals surface area contributed by atoms with Crippen LogP contribution >= 0.6 is 0 Å². The van der Waals surface area contributed by atoms with E-state index in [1.807, 2.05) is 6.07 Å². The highest BCUT2D eigenvalue weighted by atomic mass is 16.5. The van der Waals surface area contributed by atoms with Gasteiger partial charge in [0, 0.05) is 12.8 Å². The van der Waals surface area contributed by atoms with Gasteiger partial charge in [0.15, 0.2) is 0 Å². The van der Waals surface area contributed by atoms with Gasteiger partial charge in [0.2, 0.25) is 11.8 Å². The van der Waals surface area contributed by atoms with Crippen LogP contribution in [-0.4, -0.2) is 37.0 Å². The van der Waals surface area contributed by atoms with Crippen molar-refractivity contribution in [2.45, 2.75) is 31.3 Å². The Kier molecular flexibility index (Phi) is 5.31. The Morgan fingerprint density at radius 1 is 1.52 bits per heavy atom. The summed E-state index contributed by atoms with van der Waals surface area (Å²) in [5.41, 5.74) is 1.20. The van der Waals surface area contributed by atoms with E-state index in [4.69, 9.17) is 10.00 Å². The van der Waals surface area contributed by atoms with E-state index in [2.05, 4.69) is 10.6 Å². The van der Waals surface area contributed by atoms with E-state index in [1.165, 1.54) is 7.11 Å². The van der Waals surface area contributed by atoms with E-state index in [9.17, 15) is 14.4 Å². The van der Waals surface area contributed by atoms with Gasteiger partial charge in [-0.1, -0.05) is 12.1 Å². The molecule has 120 valence electrons. The van der Waals surface area contributed by atoms with Gasteiger partial charge >= 0.3 is 5.97 Å². The van der Waals surface area contributed by atoms with Gasteiger partial charge in [-0.3, -0.25) is 9.59 Å². The summed E-state index contributed by atoms with van der Waals surface area (Å²) < 4.78 is 4.72. The number of hydrogen-bond acceptors (Lipinski definition) is 5. The zero-order valence-electron chi connectivity index (χ0n) is 12.7. The predicted octanol–water partition coefficient (Wildman–Crippen LogP) is 0.0372. The lowest BCUT2D eigenvalue weighted by atomic mass is 10.0. The number of esters is 1. The number of rotatable bonds is 5. The van der Waals surface area contributed by atoms with Crippen molar-refractivity contribution in [3.05, 3.63) is 35.4 Å². The van der Waals surface area contributed by atoms with Crippen molar-refractivity contribution in [2.24, 2.45) is 0 Å². The third-order valence-corrected chi connectivity index (χ3v) is 3.61. The fourth-order valence-electron chi connectivity index (χ4n) is 2.42. The van der Waals surface area contributed by atoms with Gasteiger partial charge in [-0.25, -0.2) is 4.79 Å². The molecule has 0 saturated carbocycles. The number of nitrogens with one attached hydrogen (secondary N) is 2. The lowest BCUT2D eigenvalue weighted by Crippen LogP contribution is -2.50. The minimum absolute atomic E-state index is 0.179. The quantitative estimate of drug-likeness (QED) is 0.746. The number of amides is 2. The molecule has 7 nitrogen and oxygen atoms in total. The molecule has 2 amide bonds. The van der Waals surface area contributed by atoms with Crippen LogP contribution in [0, 0.1) is 11.3 Å². The first kappa shape index (κ1) is 16.5. The fraction of sp³-hybridized carbons (Fsp3) is 0.375. The molecule has 1 aliphatic rings. The lowest BCUT2D eigenvalue weighted by molar-refractivity contribution is -0.145. The Bertz CT molecular complexity index is 666. The molecule has 2 atom stereocenters. The molecule has 1 heterocycles. The standard InChI is InChI=1S/C16H17N3O4/c1-23-16(22)13(8-10-3-2-4-11(7-10)9-17)19-15(21)12-5-6-14(20)18-12/h2-4,7,12-13H,5-6,8H2,1H3,(H,18,20)(H,19,21)/t12-,13+/m1/s1. The highest BCUT2D eigenvalue weighted by molar-refractivity contribution is 5.93. The second kappa shape index (κ2) is 7.40. The van der Waals surface area contributed by atoms with Crippen molar-refractivity contribution in [3.8, 4) is 6.07 Å². The van der Waals surface area contributed by atoms with E-state index < -0.39 is 24.0 Å². The summed E-state index contributed by atoms with van der Waals surface area (Å²) in [7, 11) is 1.24. The highest BCUT2D eigenvalue weighted by Crippen LogP contribution is 2.10. The van der Waals surface area contributed by atoms with E-state index >= 15 is 0 Å². The summed E-state index contributed by atoms with van der Waals surface area (Å²) >= 11 is 0. The Hall–Kier alpha value is -2.88. The minimum Gasteiger partial charge on any atom is -0.467 e. The summed E-state index contributed by atoms with van der Waals surface area (Å²) in [6, 6.07) is 7.30. The molecule has 1 saturated heterocycles.